The molecule has 0 aliphatic carbocycles. The molecule has 0 amide bonds. The molecule has 0 saturated carbocycles. The molecule has 1 atom stereocenters. The van der Waals surface area contributed by atoms with Crippen molar-refractivity contribution in [3.8, 4) is 11.3 Å². The van der Waals surface area contributed by atoms with Gasteiger partial charge >= 0.3 is 0 Å². The summed E-state index contributed by atoms with van der Waals surface area (Å²) in [5, 5.41) is 7.72. The third-order valence-electron chi connectivity index (χ3n) is 5.19. The van der Waals surface area contributed by atoms with Gasteiger partial charge in [0.2, 0.25) is 0 Å². The molecular weight excluding hydrogens is 460 g/mol. The molecule has 5 rings (SSSR count). The van der Waals surface area contributed by atoms with Crippen LogP contribution in [0.1, 0.15) is 23.8 Å². The third kappa shape index (κ3) is 3.81. The van der Waals surface area contributed by atoms with Crippen LogP contribution in [0.25, 0.3) is 11.3 Å². The zero-order chi connectivity index (χ0) is 20.5. The van der Waals surface area contributed by atoms with Gasteiger partial charge in [-0.15, -0.1) is 0 Å². The monoisotopic (exact) mass is 476 g/mol. The van der Waals surface area contributed by atoms with E-state index in [9.17, 15) is 0 Å². The van der Waals surface area contributed by atoms with Gasteiger partial charge in [0, 0.05) is 21.5 Å². The highest BCUT2D eigenvalue weighted by molar-refractivity contribution is 9.10. The summed E-state index contributed by atoms with van der Waals surface area (Å²) in [5.74, 6) is 1.75. The molecule has 2 heterocycles. The summed E-state index contributed by atoms with van der Waals surface area (Å²) >= 11 is 9.55. The Morgan fingerprint density at radius 2 is 1.53 bits per heavy atom. The van der Waals surface area contributed by atoms with Gasteiger partial charge < -0.3 is 4.42 Å². The van der Waals surface area contributed by atoms with E-state index in [0.29, 0.717) is 0 Å². The fourth-order valence-electron chi connectivity index (χ4n) is 3.67. The maximum atomic E-state index is 6.30. The van der Waals surface area contributed by atoms with E-state index in [1.165, 1.54) is 0 Å². The van der Waals surface area contributed by atoms with Crippen molar-refractivity contribution in [1.82, 2.24) is 0 Å². The first-order valence-electron chi connectivity index (χ1n) is 9.71. The predicted molar refractivity (Wildman–Crippen MR) is 126 cm³/mol. The van der Waals surface area contributed by atoms with Crippen molar-refractivity contribution >= 4 is 38.9 Å². The van der Waals surface area contributed by atoms with Crippen LogP contribution in [0.15, 0.2) is 105 Å². The van der Waals surface area contributed by atoms with Crippen molar-refractivity contribution in [2.75, 3.05) is 5.01 Å². The van der Waals surface area contributed by atoms with Crippen molar-refractivity contribution in [2.24, 2.45) is 5.10 Å². The van der Waals surface area contributed by atoms with Gasteiger partial charge in [0.25, 0.3) is 0 Å². The minimum atomic E-state index is -0.0118. The Balaban J connectivity index is 1.50. The number of halogens is 2. The number of hydrogen-bond acceptors (Lipinski definition) is 3. The van der Waals surface area contributed by atoms with E-state index in [4.69, 9.17) is 21.1 Å². The SMILES string of the molecule is Clc1ccc(C2=NN(c3ccccc3)C(c3ccc(-c4ccc(Br)cc4)o3)C2)cc1. The topological polar surface area (TPSA) is 28.7 Å². The van der Waals surface area contributed by atoms with Gasteiger partial charge in [0.1, 0.15) is 17.6 Å². The molecule has 0 N–H and O–H groups in total. The quantitative estimate of drug-likeness (QED) is 0.301. The number of furan rings is 1. The molecule has 0 bridgehead atoms. The molecule has 0 radical (unpaired) electrons. The van der Waals surface area contributed by atoms with E-state index in [0.717, 1.165) is 50.0 Å². The zero-order valence-corrected chi connectivity index (χ0v) is 18.3. The molecular formula is C25H18BrClN2O. The van der Waals surface area contributed by atoms with Gasteiger partial charge in [-0.2, -0.15) is 5.10 Å². The van der Waals surface area contributed by atoms with Gasteiger partial charge in [0.15, 0.2) is 0 Å². The summed E-state index contributed by atoms with van der Waals surface area (Å²) in [7, 11) is 0. The highest BCUT2D eigenvalue weighted by Gasteiger charge is 2.32. The molecule has 0 fully saturated rings. The average molecular weight is 478 g/mol. The molecule has 1 aromatic heterocycles. The average Bonchev–Trinajstić information content (AvgIpc) is 3.43. The maximum Gasteiger partial charge on any atom is 0.134 e. The van der Waals surface area contributed by atoms with Crippen LogP contribution in [0.2, 0.25) is 5.02 Å². The highest BCUT2D eigenvalue weighted by Crippen LogP contribution is 2.38. The predicted octanol–water partition coefficient (Wildman–Crippen LogP) is 7.72. The number of benzene rings is 3. The first kappa shape index (κ1) is 19.2. The van der Waals surface area contributed by atoms with E-state index in [1.807, 2.05) is 77.8 Å². The Morgan fingerprint density at radius 1 is 0.833 bits per heavy atom. The van der Waals surface area contributed by atoms with Crippen LogP contribution in [-0.4, -0.2) is 5.71 Å². The van der Waals surface area contributed by atoms with Crippen molar-refractivity contribution in [3.63, 3.8) is 0 Å². The van der Waals surface area contributed by atoms with Crippen molar-refractivity contribution in [3.05, 3.63) is 112 Å². The number of rotatable bonds is 4. The lowest BCUT2D eigenvalue weighted by atomic mass is 10.0. The van der Waals surface area contributed by atoms with Crippen LogP contribution >= 0.6 is 27.5 Å². The summed E-state index contributed by atoms with van der Waals surface area (Å²) < 4.78 is 7.34. The maximum absolute atomic E-state index is 6.30. The van der Waals surface area contributed by atoms with Crippen LogP contribution in [0.3, 0.4) is 0 Å². The number of anilines is 1. The number of para-hydroxylation sites is 1. The summed E-state index contributed by atoms with van der Waals surface area (Å²) in [6, 6.07) is 30.2. The van der Waals surface area contributed by atoms with Crippen molar-refractivity contribution in [2.45, 2.75) is 12.5 Å². The molecule has 30 heavy (non-hydrogen) atoms. The Morgan fingerprint density at radius 3 is 2.27 bits per heavy atom. The van der Waals surface area contributed by atoms with E-state index < -0.39 is 0 Å². The molecule has 4 aromatic rings. The summed E-state index contributed by atoms with van der Waals surface area (Å²) in [5.41, 5.74) is 4.17. The second kappa shape index (κ2) is 8.13. The zero-order valence-electron chi connectivity index (χ0n) is 16.0. The molecule has 1 aliphatic heterocycles. The molecule has 0 spiro atoms. The van der Waals surface area contributed by atoms with Gasteiger partial charge in [-0.05, 0) is 54.1 Å². The standard InChI is InChI=1S/C25H18BrClN2O/c26-19-10-6-18(7-11-19)24-14-15-25(30-24)23-16-22(17-8-12-20(27)13-9-17)28-29(23)21-4-2-1-3-5-21/h1-15,23H,16H2. The van der Waals surface area contributed by atoms with Crippen LogP contribution < -0.4 is 5.01 Å². The minimum Gasteiger partial charge on any atom is -0.459 e. The summed E-state index contributed by atoms with van der Waals surface area (Å²) in [4.78, 5) is 0. The number of hydrazone groups is 1. The van der Waals surface area contributed by atoms with Crippen LogP contribution in [0, 0.1) is 0 Å². The fourth-order valence-corrected chi connectivity index (χ4v) is 4.06. The first-order valence-corrected chi connectivity index (χ1v) is 10.9. The summed E-state index contributed by atoms with van der Waals surface area (Å²) in [6.07, 6.45) is 0.754. The van der Waals surface area contributed by atoms with E-state index in [2.05, 4.69) is 34.1 Å². The Bertz CT molecular complexity index is 1180. The second-order valence-corrected chi connectivity index (χ2v) is 8.51. The lowest BCUT2D eigenvalue weighted by Gasteiger charge is -2.21. The van der Waals surface area contributed by atoms with E-state index >= 15 is 0 Å². The molecule has 1 aliphatic rings. The molecule has 5 heteroatoms. The Kier molecular flexibility index (Phi) is 5.19. The largest absolute Gasteiger partial charge is 0.459 e. The van der Waals surface area contributed by atoms with Gasteiger partial charge in [-0.25, -0.2) is 0 Å². The van der Waals surface area contributed by atoms with Crippen molar-refractivity contribution < 1.29 is 4.42 Å². The molecule has 0 saturated heterocycles. The lowest BCUT2D eigenvalue weighted by molar-refractivity contribution is 0.475. The lowest BCUT2D eigenvalue weighted by Crippen LogP contribution is -2.17. The van der Waals surface area contributed by atoms with Gasteiger partial charge in [-0.1, -0.05) is 70.0 Å². The fraction of sp³-hybridized carbons (Fsp3) is 0.0800. The molecule has 3 aromatic carbocycles. The smallest absolute Gasteiger partial charge is 0.134 e. The number of hydrogen-bond donors (Lipinski definition) is 0. The van der Waals surface area contributed by atoms with Crippen LogP contribution in [0.4, 0.5) is 5.69 Å². The van der Waals surface area contributed by atoms with E-state index in [1.54, 1.807) is 0 Å². The molecule has 148 valence electrons. The third-order valence-corrected chi connectivity index (χ3v) is 5.97. The van der Waals surface area contributed by atoms with Gasteiger partial charge in [-0.3, -0.25) is 5.01 Å². The van der Waals surface area contributed by atoms with Crippen LogP contribution in [-0.2, 0) is 0 Å². The van der Waals surface area contributed by atoms with E-state index in [-0.39, 0.29) is 6.04 Å². The van der Waals surface area contributed by atoms with Gasteiger partial charge in [0.05, 0.1) is 11.4 Å². The second-order valence-electron chi connectivity index (χ2n) is 7.16. The Hall–Kier alpha value is -2.82. The first-order chi connectivity index (χ1) is 14.7. The van der Waals surface area contributed by atoms with Crippen molar-refractivity contribution in [1.29, 1.82) is 0 Å². The minimum absolute atomic E-state index is 0.0118. The summed E-state index contributed by atoms with van der Waals surface area (Å²) in [6.45, 7) is 0. The normalized spacial score (nSPS) is 16.0. The Labute approximate surface area is 188 Å². The molecule has 1 unspecified atom stereocenters. The number of nitrogens with zero attached hydrogens (tertiary/aromatic N) is 2. The highest BCUT2D eigenvalue weighted by atomic mass is 79.9. The van der Waals surface area contributed by atoms with Crippen LogP contribution in [0.5, 0.6) is 0 Å². The molecule has 3 nitrogen and oxygen atoms in total.